The second-order valence-corrected chi connectivity index (χ2v) is 10.8. The SMILES string of the molecule is C[C@@H]1C[C@H](O)c2ncnc(N3CCN(C(NC4CCCCC4)C(C=O)c4ccc(Cl)cc4)CC3)c21. The van der Waals surface area contributed by atoms with Gasteiger partial charge in [-0.3, -0.25) is 10.2 Å². The van der Waals surface area contributed by atoms with E-state index in [1.165, 1.54) is 19.3 Å². The predicted octanol–water partition coefficient (Wildman–Crippen LogP) is 4.02. The molecule has 35 heavy (non-hydrogen) atoms. The van der Waals surface area contributed by atoms with Crippen LogP contribution in [0.5, 0.6) is 0 Å². The smallest absolute Gasteiger partial charge is 0.135 e. The van der Waals surface area contributed by atoms with Crippen molar-refractivity contribution in [3.63, 3.8) is 0 Å². The standard InChI is InChI=1S/C27H36ClN5O2/c1-18-15-23(35)25-24(18)27(30-17-29-25)33-13-11-32(12-14-33)26(31-21-5-3-2-4-6-21)22(16-34)19-7-9-20(28)10-8-19/h7-10,16-18,21-23,26,31,35H,2-6,11-15H2,1H3/t18-,22?,23+,26?/m1/s1. The fraction of sp³-hybridized carbons (Fsp3) is 0.593. The van der Waals surface area contributed by atoms with Gasteiger partial charge in [0.15, 0.2) is 0 Å². The van der Waals surface area contributed by atoms with Gasteiger partial charge in [-0.2, -0.15) is 0 Å². The first-order valence-electron chi connectivity index (χ1n) is 13.0. The van der Waals surface area contributed by atoms with Crippen LogP contribution in [0.1, 0.15) is 80.2 Å². The Labute approximate surface area is 212 Å². The first kappa shape index (κ1) is 24.6. The zero-order chi connectivity index (χ0) is 24.4. The van der Waals surface area contributed by atoms with Gasteiger partial charge in [0.1, 0.15) is 18.4 Å². The van der Waals surface area contributed by atoms with Gasteiger partial charge in [-0.05, 0) is 42.9 Å². The Hall–Kier alpha value is -2.06. The molecule has 0 amide bonds. The third kappa shape index (κ3) is 5.24. The number of halogens is 1. The van der Waals surface area contributed by atoms with Crippen LogP contribution in [0.4, 0.5) is 5.82 Å². The van der Waals surface area contributed by atoms with Gasteiger partial charge < -0.3 is 14.8 Å². The van der Waals surface area contributed by atoms with Crippen LogP contribution >= 0.6 is 11.6 Å². The summed E-state index contributed by atoms with van der Waals surface area (Å²) in [5.41, 5.74) is 2.87. The molecule has 0 spiro atoms. The molecule has 2 fully saturated rings. The van der Waals surface area contributed by atoms with E-state index in [2.05, 4.69) is 32.0 Å². The minimum atomic E-state index is -0.500. The Morgan fingerprint density at radius 2 is 1.80 bits per heavy atom. The van der Waals surface area contributed by atoms with Crippen molar-refractivity contribution in [2.75, 3.05) is 31.1 Å². The molecule has 1 saturated heterocycles. The number of nitrogens with one attached hydrogen (secondary N) is 1. The maximum Gasteiger partial charge on any atom is 0.135 e. The fourth-order valence-electron chi connectivity index (χ4n) is 6.13. The van der Waals surface area contributed by atoms with Gasteiger partial charge in [0.25, 0.3) is 0 Å². The number of aromatic nitrogens is 2. The summed E-state index contributed by atoms with van der Waals surface area (Å²) < 4.78 is 0. The molecule has 0 radical (unpaired) electrons. The van der Waals surface area contributed by atoms with E-state index in [0.29, 0.717) is 17.5 Å². The third-order valence-electron chi connectivity index (χ3n) is 8.04. The minimum Gasteiger partial charge on any atom is -0.387 e. The molecule has 2 unspecified atom stereocenters. The number of rotatable bonds is 7. The predicted molar refractivity (Wildman–Crippen MR) is 138 cm³/mol. The van der Waals surface area contributed by atoms with E-state index in [4.69, 9.17) is 11.6 Å². The summed E-state index contributed by atoms with van der Waals surface area (Å²) >= 11 is 6.13. The number of anilines is 1. The number of hydrogen-bond donors (Lipinski definition) is 2. The summed E-state index contributed by atoms with van der Waals surface area (Å²) in [4.78, 5) is 26.2. The Balaban J connectivity index is 1.35. The maximum absolute atomic E-state index is 12.4. The molecule has 1 aliphatic heterocycles. The van der Waals surface area contributed by atoms with Crippen molar-refractivity contribution in [3.8, 4) is 0 Å². The Bertz CT molecular complexity index is 1010. The first-order chi connectivity index (χ1) is 17.0. The zero-order valence-corrected chi connectivity index (χ0v) is 21.2. The van der Waals surface area contributed by atoms with Gasteiger partial charge in [0.05, 0.1) is 23.9 Å². The summed E-state index contributed by atoms with van der Waals surface area (Å²) in [6, 6.07) is 8.13. The topological polar surface area (TPSA) is 81.6 Å². The summed E-state index contributed by atoms with van der Waals surface area (Å²) in [7, 11) is 0. The Kier molecular flexibility index (Phi) is 7.68. The molecule has 2 heterocycles. The molecule has 4 atom stereocenters. The fourth-order valence-corrected chi connectivity index (χ4v) is 6.26. The Morgan fingerprint density at radius 1 is 1.09 bits per heavy atom. The summed E-state index contributed by atoms with van der Waals surface area (Å²) in [5.74, 6) is 0.943. The highest BCUT2D eigenvalue weighted by Gasteiger charge is 2.36. The van der Waals surface area contributed by atoms with Crippen LogP contribution in [0.3, 0.4) is 0 Å². The van der Waals surface area contributed by atoms with Crippen molar-refractivity contribution in [1.29, 1.82) is 0 Å². The molecule has 2 aromatic rings. The van der Waals surface area contributed by atoms with Crippen molar-refractivity contribution >= 4 is 23.7 Å². The molecule has 0 bridgehead atoms. The van der Waals surface area contributed by atoms with Crippen LogP contribution in [0.25, 0.3) is 0 Å². The number of carbonyl (C=O) groups excluding carboxylic acids is 1. The lowest BCUT2D eigenvalue weighted by Crippen LogP contribution is -2.59. The highest BCUT2D eigenvalue weighted by atomic mass is 35.5. The van der Waals surface area contributed by atoms with Crippen LogP contribution in [0.2, 0.25) is 5.02 Å². The molecule has 1 aromatic heterocycles. The number of nitrogens with zero attached hydrogens (tertiary/aromatic N) is 4. The van der Waals surface area contributed by atoms with E-state index >= 15 is 0 Å². The summed E-state index contributed by atoms with van der Waals surface area (Å²) in [6.07, 6.45) is 8.93. The molecule has 2 aliphatic carbocycles. The molecule has 2 N–H and O–H groups in total. The van der Waals surface area contributed by atoms with Crippen molar-refractivity contribution in [1.82, 2.24) is 20.2 Å². The molecular weight excluding hydrogens is 462 g/mol. The maximum atomic E-state index is 12.4. The number of hydrogen-bond acceptors (Lipinski definition) is 7. The number of fused-ring (bicyclic) bond motifs is 1. The van der Waals surface area contributed by atoms with Crippen LogP contribution in [0, 0.1) is 0 Å². The number of aliphatic hydroxyl groups is 1. The summed E-state index contributed by atoms with van der Waals surface area (Å²) in [5, 5.41) is 15.0. The average Bonchev–Trinajstić information content (AvgIpc) is 3.19. The monoisotopic (exact) mass is 497 g/mol. The van der Waals surface area contributed by atoms with Gasteiger partial charge in [-0.25, -0.2) is 9.97 Å². The normalized spacial score (nSPS) is 25.3. The lowest BCUT2D eigenvalue weighted by atomic mass is 9.91. The van der Waals surface area contributed by atoms with Gasteiger partial charge in [-0.1, -0.05) is 49.9 Å². The second kappa shape index (κ2) is 10.9. The molecule has 3 aliphatic rings. The minimum absolute atomic E-state index is 0.0595. The lowest BCUT2D eigenvalue weighted by molar-refractivity contribution is -0.111. The van der Waals surface area contributed by atoms with Crippen molar-refractivity contribution < 1.29 is 9.90 Å². The molecule has 7 nitrogen and oxygen atoms in total. The van der Waals surface area contributed by atoms with Crippen LogP contribution in [-0.2, 0) is 4.79 Å². The number of carbonyl (C=O) groups is 1. The van der Waals surface area contributed by atoms with E-state index < -0.39 is 6.10 Å². The van der Waals surface area contributed by atoms with Gasteiger partial charge >= 0.3 is 0 Å². The van der Waals surface area contributed by atoms with E-state index in [-0.39, 0.29) is 18.0 Å². The van der Waals surface area contributed by atoms with E-state index in [1.54, 1.807) is 6.33 Å². The van der Waals surface area contributed by atoms with E-state index in [9.17, 15) is 9.90 Å². The van der Waals surface area contributed by atoms with Gasteiger partial charge in [0.2, 0.25) is 0 Å². The van der Waals surface area contributed by atoms with Crippen LogP contribution in [-0.4, -0.2) is 64.6 Å². The molecule has 8 heteroatoms. The summed E-state index contributed by atoms with van der Waals surface area (Å²) in [6.45, 7) is 5.45. The number of benzene rings is 1. The van der Waals surface area contributed by atoms with E-state index in [0.717, 1.165) is 67.9 Å². The van der Waals surface area contributed by atoms with Crippen molar-refractivity contribution in [3.05, 3.63) is 52.4 Å². The number of aldehydes is 1. The van der Waals surface area contributed by atoms with Gasteiger partial charge in [0, 0.05) is 42.8 Å². The van der Waals surface area contributed by atoms with Crippen molar-refractivity contribution in [2.45, 2.75) is 75.6 Å². The second-order valence-electron chi connectivity index (χ2n) is 10.3. The number of aliphatic hydroxyl groups excluding tert-OH is 1. The van der Waals surface area contributed by atoms with Gasteiger partial charge in [-0.15, -0.1) is 0 Å². The number of piperazine rings is 1. The largest absolute Gasteiger partial charge is 0.387 e. The highest BCUT2D eigenvalue weighted by Crippen LogP contribution is 2.43. The average molecular weight is 498 g/mol. The molecule has 5 rings (SSSR count). The molecule has 1 saturated carbocycles. The van der Waals surface area contributed by atoms with Crippen molar-refractivity contribution in [2.24, 2.45) is 0 Å². The molecular formula is C27H36ClN5O2. The zero-order valence-electron chi connectivity index (χ0n) is 20.4. The quantitative estimate of drug-likeness (QED) is 0.559. The Morgan fingerprint density at radius 3 is 2.49 bits per heavy atom. The van der Waals surface area contributed by atoms with E-state index in [1.807, 2.05) is 24.3 Å². The van der Waals surface area contributed by atoms with Crippen LogP contribution in [0.15, 0.2) is 30.6 Å². The molecule has 188 valence electrons. The highest BCUT2D eigenvalue weighted by molar-refractivity contribution is 6.30. The molecule has 1 aromatic carbocycles. The van der Waals surface area contributed by atoms with Crippen LogP contribution < -0.4 is 10.2 Å². The third-order valence-corrected chi connectivity index (χ3v) is 8.29. The lowest BCUT2D eigenvalue weighted by Gasteiger charge is -2.44. The first-order valence-corrected chi connectivity index (χ1v) is 13.4.